The summed E-state index contributed by atoms with van der Waals surface area (Å²) in [6.45, 7) is 4.96. The third kappa shape index (κ3) is 5.09. The van der Waals surface area contributed by atoms with Gasteiger partial charge in [-0.15, -0.1) is 0 Å². The maximum absolute atomic E-state index is 13.3. The third-order valence-corrected chi connectivity index (χ3v) is 7.01. The van der Waals surface area contributed by atoms with Gasteiger partial charge in [-0.05, 0) is 55.2 Å². The number of nitrogens with one attached hydrogen (secondary N) is 1. The number of ether oxygens (including phenoxy) is 2. The fourth-order valence-corrected chi connectivity index (χ4v) is 5.28. The monoisotopic (exact) mass is 437 g/mol. The lowest BCUT2D eigenvalue weighted by atomic mass is 9.99. The predicted molar refractivity (Wildman–Crippen MR) is 121 cm³/mol. The van der Waals surface area contributed by atoms with Crippen LogP contribution in [0.25, 0.3) is 0 Å². The Hall–Kier alpha value is -2.83. The van der Waals surface area contributed by atoms with E-state index in [9.17, 15) is 8.42 Å². The van der Waals surface area contributed by atoms with E-state index < -0.39 is 16.1 Å². The van der Waals surface area contributed by atoms with Crippen molar-refractivity contribution in [1.82, 2.24) is 4.72 Å². The Morgan fingerprint density at radius 3 is 2.39 bits per heavy atom. The van der Waals surface area contributed by atoms with E-state index in [1.165, 1.54) is 0 Å². The van der Waals surface area contributed by atoms with Crippen LogP contribution in [0.1, 0.15) is 34.7 Å². The molecule has 3 aromatic rings. The molecule has 1 aliphatic heterocycles. The highest BCUT2D eigenvalue weighted by Gasteiger charge is 2.24. The van der Waals surface area contributed by atoms with Crippen molar-refractivity contribution in [2.24, 2.45) is 0 Å². The van der Waals surface area contributed by atoms with Gasteiger partial charge in [0.1, 0.15) is 0 Å². The summed E-state index contributed by atoms with van der Waals surface area (Å²) in [5, 5.41) is 0. The molecule has 1 unspecified atom stereocenters. The van der Waals surface area contributed by atoms with Crippen LogP contribution in [0.3, 0.4) is 0 Å². The lowest BCUT2D eigenvalue weighted by Crippen LogP contribution is -2.30. The van der Waals surface area contributed by atoms with E-state index in [0.717, 1.165) is 28.7 Å². The van der Waals surface area contributed by atoms with Crippen molar-refractivity contribution >= 4 is 10.0 Å². The first-order chi connectivity index (χ1) is 14.9. The Labute approximate surface area is 184 Å². The number of rotatable bonds is 6. The molecule has 0 aliphatic carbocycles. The summed E-state index contributed by atoms with van der Waals surface area (Å²) in [7, 11) is -3.73. The average molecular weight is 438 g/mol. The lowest BCUT2D eigenvalue weighted by Gasteiger charge is -2.21. The molecule has 0 amide bonds. The zero-order valence-corrected chi connectivity index (χ0v) is 18.6. The molecule has 3 aromatic carbocycles. The normalized spacial score (nSPS) is 14.6. The summed E-state index contributed by atoms with van der Waals surface area (Å²) in [5.74, 6) is 1.34. The summed E-state index contributed by atoms with van der Waals surface area (Å²) < 4.78 is 41.1. The fraction of sp³-hybridized carbons (Fsp3) is 0.280. The average Bonchev–Trinajstić information content (AvgIpc) is 2.98. The SMILES string of the molecule is Cc1ccc(S(=O)(=O)NC(Cc2ccccc2)c2ccc3c(c2)OCCCO3)c(C)c1. The summed E-state index contributed by atoms with van der Waals surface area (Å²) in [5.41, 5.74) is 3.63. The van der Waals surface area contributed by atoms with Crippen molar-refractivity contribution in [3.63, 3.8) is 0 Å². The Balaban J connectivity index is 1.70. The van der Waals surface area contributed by atoms with Gasteiger partial charge in [0.05, 0.1) is 24.2 Å². The molecule has 4 rings (SSSR count). The molecule has 0 spiro atoms. The van der Waals surface area contributed by atoms with Crippen LogP contribution in [0.4, 0.5) is 0 Å². The molecular formula is C25H27NO4S. The highest BCUT2D eigenvalue weighted by molar-refractivity contribution is 7.89. The zero-order valence-electron chi connectivity index (χ0n) is 17.8. The molecule has 1 N–H and O–H groups in total. The van der Waals surface area contributed by atoms with Gasteiger partial charge in [0.15, 0.2) is 11.5 Å². The second-order valence-electron chi connectivity index (χ2n) is 7.89. The Kier molecular flexibility index (Phi) is 6.30. The van der Waals surface area contributed by atoms with Crippen LogP contribution in [0.15, 0.2) is 71.6 Å². The van der Waals surface area contributed by atoms with E-state index in [2.05, 4.69) is 4.72 Å². The van der Waals surface area contributed by atoms with Gasteiger partial charge in [-0.25, -0.2) is 13.1 Å². The van der Waals surface area contributed by atoms with Crippen molar-refractivity contribution in [3.05, 3.63) is 89.0 Å². The van der Waals surface area contributed by atoms with E-state index in [4.69, 9.17) is 9.47 Å². The first-order valence-electron chi connectivity index (χ1n) is 10.5. The van der Waals surface area contributed by atoms with Crippen LogP contribution in [0, 0.1) is 13.8 Å². The number of hydrogen-bond acceptors (Lipinski definition) is 4. The summed E-state index contributed by atoms with van der Waals surface area (Å²) in [4.78, 5) is 0.297. The van der Waals surface area contributed by atoms with Crippen LogP contribution in [-0.4, -0.2) is 21.6 Å². The molecular weight excluding hydrogens is 410 g/mol. The van der Waals surface area contributed by atoms with Gasteiger partial charge in [-0.3, -0.25) is 0 Å². The first-order valence-corrected chi connectivity index (χ1v) is 11.9. The van der Waals surface area contributed by atoms with Crippen molar-refractivity contribution in [2.75, 3.05) is 13.2 Å². The standard InChI is InChI=1S/C25H27NO4S/c1-18-9-12-25(19(2)15-18)31(27,28)26-22(16-20-7-4-3-5-8-20)21-10-11-23-24(17-21)30-14-6-13-29-23/h3-5,7-12,15,17,22,26H,6,13-14,16H2,1-2H3. The van der Waals surface area contributed by atoms with Gasteiger partial charge in [-0.1, -0.05) is 54.1 Å². The molecule has 0 saturated carbocycles. The molecule has 0 fully saturated rings. The first kappa shape index (κ1) is 21.4. The minimum atomic E-state index is -3.73. The van der Waals surface area contributed by atoms with Crippen LogP contribution >= 0.6 is 0 Å². The van der Waals surface area contributed by atoms with Crippen molar-refractivity contribution < 1.29 is 17.9 Å². The van der Waals surface area contributed by atoms with Crippen LogP contribution < -0.4 is 14.2 Å². The van der Waals surface area contributed by atoms with Gasteiger partial charge in [0.2, 0.25) is 10.0 Å². The number of aryl methyl sites for hydroxylation is 2. The third-order valence-electron chi connectivity index (χ3n) is 5.37. The molecule has 6 heteroatoms. The topological polar surface area (TPSA) is 64.6 Å². The van der Waals surface area contributed by atoms with Crippen LogP contribution in [0.5, 0.6) is 11.5 Å². The maximum Gasteiger partial charge on any atom is 0.241 e. The Morgan fingerprint density at radius 1 is 0.903 bits per heavy atom. The quantitative estimate of drug-likeness (QED) is 0.606. The van der Waals surface area contributed by atoms with Crippen molar-refractivity contribution in [2.45, 2.75) is 37.6 Å². The maximum atomic E-state index is 13.3. The van der Waals surface area contributed by atoms with Gasteiger partial charge in [-0.2, -0.15) is 0 Å². The minimum Gasteiger partial charge on any atom is -0.490 e. The minimum absolute atomic E-state index is 0.297. The molecule has 31 heavy (non-hydrogen) atoms. The molecule has 0 saturated heterocycles. The summed E-state index contributed by atoms with van der Waals surface area (Å²) in [6.07, 6.45) is 1.33. The molecule has 0 aromatic heterocycles. The molecule has 1 atom stereocenters. The fourth-order valence-electron chi connectivity index (χ4n) is 3.83. The number of fused-ring (bicyclic) bond motifs is 1. The molecule has 1 heterocycles. The van der Waals surface area contributed by atoms with E-state index in [1.807, 2.05) is 74.5 Å². The Morgan fingerprint density at radius 2 is 1.65 bits per heavy atom. The molecule has 162 valence electrons. The lowest BCUT2D eigenvalue weighted by molar-refractivity contribution is 0.297. The predicted octanol–water partition coefficient (Wildman–Crippen LogP) is 4.73. The largest absolute Gasteiger partial charge is 0.490 e. The van der Waals surface area contributed by atoms with Crippen LogP contribution in [0.2, 0.25) is 0 Å². The second kappa shape index (κ2) is 9.12. The molecule has 5 nitrogen and oxygen atoms in total. The van der Waals surface area contributed by atoms with Crippen LogP contribution in [-0.2, 0) is 16.4 Å². The highest BCUT2D eigenvalue weighted by atomic mass is 32.2. The van der Waals surface area contributed by atoms with Gasteiger partial charge in [0, 0.05) is 6.42 Å². The second-order valence-corrected chi connectivity index (χ2v) is 9.57. The summed E-state index contributed by atoms with van der Waals surface area (Å²) in [6, 6.07) is 20.4. The molecule has 0 radical (unpaired) electrons. The number of hydrogen-bond donors (Lipinski definition) is 1. The Bertz CT molecular complexity index is 1160. The van der Waals surface area contributed by atoms with Gasteiger partial charge >= 0.3 is 0 Å². The van der Waals surface area contributed by atoms with Gasteiger partial charge in [0.25, 0.3) is 0 Å². The highest BCUT2D eigenvalue weighted by Crippen LogP contribution is 2.34. The molecule has 0 bridgehead atoms. The smallest absolute Gasteiger partial charge is 0.241 e. The van der Waals surface area contributed by atoms with Gasteiger partial charge < -0.3 is 9.47 Å². The van der Waals surface area contributed by atoms with Crippen molar-refractivity contribution in [3.8, 4) is 11.5 Å². The van der Waals surface area contributed by atoms with E-state index in [-0.39, 0.29) is 0 Å². The van der Waals surface area contributed by atoms with E-state index >= 15 is 0 Å². The van der Waals surface area contributed by atoms with E-state index in [0.29, 0.717) is 36.0 Å². The van der Waals surface area contributed by atoms with E-state index in [1.54, 1.807) is 6.07 Å². The summed E-state index contributed by atoms with van der Waals surface area (Å²) >= 11 is 0. The molecule has 1 aliphatic rings. The van der Waals surface area contributed by atoms with Crippen molar-refractivity contribution in [1.29, 1.82) is 0 Å². The zero-order chi connectivity index (χ0) is 21.8. The number of benzene rings is 3. The number of sulfonamides is 1.